The first-order valence-electron chi connectivity index (χ1n) is 8.50. The van der Waals surface area contributed by atoms with Gasteiger partial charge in [0, 0.05) is 22.6 Å². The largest absolute Gasteiger partial charge is 0.460 e. The fourth-order valence-corrected chi connectivity index (χ4v) is 4.10. The van der Waals surface area contributed by atoms with Gasteiger partial charge in [0.15, 0.2) is 0 Å². The van der Waals surface area contributed by atoms with Gasteiger partial charge in [0.25, 0.3) is 0 Å². The van der Waals surface area contributed by atoms with Crippen molar-refractivity contribution in [3.05, 3.63) is 46.1 Å². The summed E-state index contributed by atoms with van der Waals surface area (Å²) in [6.45, 7) is 6.70. The first-order valence-corrected chi connectivity index (χ1v) is 9.29. The van der Waals surface area contributed by atoms with E-state index in [9.17, 15) is 0 Å². The summed E-state index contributed by atoms with van der Waals surface area (Å²) in [5.41, 5.74) is 2.37. The summed E-state index contributed by atoms with van der Waals surface area (Å²) in [4.78, 5) is 2.58. The van der Waals surface area contributed by atoms with Crippen LogP contribution < -0.4 is 5.32 Å². The molecule has 1 atom stereocenters. The van der Waals surface area contributed by atoms with Gasteiger partial charge in [0.1, 0.15) is 11.5 Å². The van der Waals surface area contributed by atoms with E-state index < -0.39 is 0 Å². The second kappa shape index (κ2) is 6.42. The second-order valence-electron chi connectivity index (χ2n) is 6.86. The van der Waals surface area contributed by atoms with Gasteiger partial charge in [-0.2, -0.15) is 0 Å². The lowest BCUT2D eigenvalue weighted by molar-refractivity contribution is 0.0711. The number of fused-ring (bicyclic) bond motifs is 3. The molecule has 23 heavy (non-hydrogen) atoms. The van der Waals surface area contributed by atoms with Crippen LogP contribution in [0.25, 0.3) is 11.3 Å². The molecule has 1 aromatic heterocycles. The number of furan rings is 1. The number of halogens is 1. The van der Waals surface area contributed by atoms with Crippen LogP contribution in [-0.4, -0.2) is 30.6 Å². The summed E-state index contributed by atoms with van der Waals surface area (Å²) in [5.74, 6) is 2.83. The SMILES string of the molecule is Cc1cc(-c2ccc(CNC3CN4CCC3CC4)o2)ccc1Br. The van der Waals surface area contributed by atoms with Gasteiger partial charge in [0.2, 0.25) is 0 Å². The Kier molecular flexibility index (Phi) is 4.31. The van der Waals surface area contributed by atoms with Crippen LogP contribution >= 0.6 is 15.9 Å². The highest BCUT2D eigenvalue weighted by Gasteiger charge is 2.33. The van der Waals surface area contributed by atoms with E-state index >= 15 is 0 Å². The molecule has 2 bridgehead atoms. The number of hydrogen-bond acceptors (Lipinski definition) is 3. The highest BCUT2D eigenvalue weighted by atomic mass is 79.9. The van der Waals surface area contributed by atoms with E-state index in [0.717, 1.165) is 34.0 Å². The molecule has 3 saturated heterocycles. The average Bonchev–Trinajstić information content (AvgIpc) is 3.05. The molecule has 1 aromatic carbocycles. The van der Waals surface area contributed by atoms with E-state index in [1.807, 2.05) is 0 Å². The Morgan fingerprint density at radius 3 is 2.74 bits per heavy atom. The Hall–Kier alpha value is -1.10. The zero-order valence-electron chi connectivity index (χ0n) is 13.5. The molecule has 4 heterocycles. The van der Waals surface area contributed by atoms with Gasteiger partial charge in [-0.3, -0.25) is 0 Å². The number of piperidine rings is 3. The Morgan fingerprint density at radius 1 is 1.22 bits per heavy atom. The minimum atomic E-state index is 0.626. The predicted octanol–water partition coefficient (Wildman–Crippen LogP) is 4.20. The van der Waals surface area contributed by atoms with Crippen molar-refractivity contribution in [1.82, 2.24) is 10.2 Å². The van der Waals surface area contributed by atoms with E-state index in [-0.39, 0.29) is 0 Å². The van der Waals surface area contributed by atoms with Crippen molar-refractivity contribution >= 4 is 15.9 Å². The van der Waals surface area contributed by atoms with Crippen LogP contribution in [-0.2, 0) is 6.54 Å². The Bertz CT molecular complexity index is 688. The van der Waals surface area contributed by atoms with Gasteiger partial charge in [-0.05, 0) is 68.6 Å². The monoisotopic (exact) mass is 374 g/mol. The molecule has 3 aliphatic rings. The lowest BCUT2D eigenvalue weighted by Crippen LogP contribution is -2.55. The molecule has 5 rings (SSSR count). The van der Waals surface area contributed by atoms with Crippen LogP contribution in [0, 0.1) is 12.8 Å². The lowest BCUT2D eigenvalue weighted by atomic mass is 9.84. The molecule has 2 aromatic rings. The van der Waals surface area contributed by atoms with Gasteiger partial charge < -0.3 is 14.6 Å². The van der Waals surface area contributed by atoms with Crippen molar-refractivity contribution in [1.29, 1.82) is 0 Å². The van der Waals surface area contributed by atoms with Crippen LogP contribution in [0.5, 0.6) is 0 Å². The minimum absolute atomic E-state index is 0.626. The van der Waals surface area contributed by atoms with E-state index in [0.29, 0.717) is 6.04 Å². The molecular formula is C19H23BrN2O. The van der Waals surface area contributed by atoms with Crippen molar-refractivity contribution in [3.63, 3.8) is 0 Å². The Labute approximate surface area is 146 Å². The molecule has 0 saturated carbocycles. The second-order valence-corrected chi connectivity index (χ2v) is 7.71. The number of aryl methyl sites for hydroxylation is 1. The van der Waals surface area contributed by atoms with Crippen molar-refractivity contribution in [2.75, 3.05) is 19.6 Å². The number of benzene rings is 1. The quantitative estimate of drug-likeness (QED) is 0.868. The van der Waals surface area contributed by atoms with Crippen molar-refractivity contribution in [3.8, 4) is 11.3 Å². The maximum atomic E-state index is 6.04. The van der Waals surface area contributed by atoms with Crippen LogP contribution in [0.1, 0.15) is 24.2 Å². The molecule has 3 nitrogen and oxygen atoms in total. The van der Waals surface area contributed by atoms with Gasteiger partial charge in [-0.25, -0.2) is 0 Å². The molecule has 1 unspecified atom stereocenters. The number of hydrogen-bond donors (Lipinski definition) is 1. The van der Waals surface area contributed by atoms with E-state index in [2.05, 4.69) is 63.4 Å². The molecule has 3 aliphatic heterocycles. The fraction of sp³-hybridized carbons (Fsp3) is 0.474. The number of nitrogens with zero attached hydrogens (tertiary/aromatic N) is 1. The summed E-state index contributed by atoms with van der Waals surface area (Å²) in [6.07, 6.45) is 2.69. The highest BCUT2D eigenvalue weighted by Crippen LogP contribution is 2.29. The predicted molar refractivity (Wildman–Crippen MR) is 96.4 cm³/mol. The van der Waals surface area contributed by atoms with Crippen molar-refractivity contribution in [2.24, 2.45) is 5.92 Å². The molecule has 0 spiro atoms. The summed E-state index contributed by atoms with van der Waals surface area (Å²) in [5, 5.41) is 3.71. The molecular weight excluding hydrogens is 352 g/mol. The van der Waals surface area contributed by atoms with Gasteiger partial charge in [-0.15, -0.1) is 0 Å². The fourth-order valence-electron chi connectivity index (χ4n) is 3.85. The maximum Gasteiger partial charge on any atom is 0.134 e. The molecule has 3 fully saturated rings. The van der Waals surface area contributed by atoms with E-state index in [4.69, 9.17) is 4.42 Å². The normalized spacial score (nSPS) is 26.6. The van der Waals surface area contributed by atoms with Crippen LogP contribution in [0.2, 0.25) is 0 Å². The summed E-state index contributed by atoms with van der Waals surface area (Å²) in [6, 6.07) is 11.1. The van der Waals surface area contributed by atoms with Crippen LogP contribution in [0.15, 0.2) is 39.2 Å². The first-order chi connectivity index (χ1) is 11.2. The topological polar surface area (TPSA) is 28.4 Å². The molecule has 0 aliphatic carbocycles. The summed E-state index contributed by atoms with van der Waals surface area (Å²) < 4.78 is 7.18. The molecule has 4 heteroatoms. The van der Waals surface area contributed by atoms with Crippen LogP contribution in [0.4, 0.5) is 0 Å². The lowest BCUT2D eigenvalue weighted by Gasteiger charge is -2.45. The Balaban J connectivity index is 1.41. The van der Waals surface area contributed by atoms with Gasteiger partial charge >= 0.3 is 0 Å². The smallest absolute Gasteiger partial charge is 0.134 e. The van der Waals surface area contributed by atoms with Crippen molar-refractivity contribution in [2.45, 2.75) is 32.4 Å². The van der Waals surface area contributed by atoms with Gasteiger partial charge in [0.05, 0.1) is 6.54 Å². The average molecular weight is 375 g/mol. The molecule has 1 N–H and O–H groups in total. The molecule has 0 amide bonds. The minimum Gasteiger partial charge on any atom is -0.460 e. The number of nitrogens with one attached hydrogen (secondary N) is 1. The first kappa shape index (κ1) is 15.4. The zero-order valence-corrected chi connectivity index (χ0v) is 15.1. The van der Waals surface area contributed by atoms with Gasteiger partial charge in [-0.1, -0.05) is 22.0 Å². The number of rotatable bonds is 4. The zero-order chi connectivity index (χ0) is 15.8. The molecule has 0 radical (unpaired) electrons. The Morgan fingerprint density at radius 2 is 2.04 bits per heavy atom. The molecule has 122 valence electrons. The van der Waals surface area contributed by atoms with Crippen LogP contribution in [0.3, 0.4) is 0 Å². The third kappa shape index (κ3) is 3.25. The van der Waals surface area contributed by atoms with E-state index in [1.165, 1.54) is 38.0 Å². The summed E-state index contributed by atoms with van der Waals surface area (Å²) in [7, 11) is 0. The van der Waals surface area contributed by atoms with E-state index in [1.54, 1.807) is 0 Å². The third-order valence-corrected chi connectivity index (χ3v) is 6.19. The third-order valence-electron chi connectivity index (χ3n) is 5.30. The standard InChI is InChI=1S/C19H23BrN2O/c1-13-10-15(2-4-17(13)20)19-5-3-16(23-19)11-21-18-12-22-8-6-14(18)7-9-22/h2-5,10,14,18,21H,6-9,11-12H2,1H3. The van der Waals surface area contributed by atoms with Crippen molar-refractivity contribution < 1.29 is 4.42 Å². The summed E-state index contributed by atoms with van der Waals surface area (Å²) >= 11 is 3.55. The maximum absolute atomic E-state index is 6.04. The highest BCUT2D eigenvalue weighted by molar-refractivity contribution is 9.10.